The third-order valence-corrected chi connectivity index (χ3v) is 3.32. The van der Waals surface area contributed by atoms with Crippen molar-refractivity contribution in [2.75, 3.05) is 11.9 Å². The topological polar surface area (TPSA) is 84.2 Å². The van der Waals surface area contributed by atoms with Gasteiger partial charge in [0.25, 0.3) is 0 Å². The fourth-order valence-electron chi connectivity index (χ4n) is 2.23. The van der Waals surface area contributed by atoms with Gasteiger partial charge in [-0.15, -0.1) is 0 Å². The van der Waals surface area contributed by atoms with Crippen LogP contribution in [-0.4, -0.2) is 33.2 Å². The molecule has 0 amide bonds. The molecule has 0 spiro atoms. The number of halogens is 2. The van der Waals surface area contributed by atoms with Crippen molar-refractivity contribution in [2.24, 2.45) is 7.05 Å². The zero-order chi connectivity index (χ0) is 17.1. The number of aromatic carboxylic acids is 1. The van der Waals surface area contributed by atoms with E-state index in [9.17, 15) is 23.5 Å². The lowest BCUT2D eigenvalue weighted by Crippen LogP contribution is -2.18. The van der Waals surface area contributed by atoms with Crippen LogP contribution in [0.1, 0.15) is 33.3 Å². The highest BCUT2D eigenvalue weighted by Crippen LogP contribution is 2.20. The fraction of sp³-hybridized carbons (Fsp3) is 0.267. The number of nitrogens with zero attached hydrogens (tertiary/aromatic N) is 2. The Morgan fingerprint density at radius 1 is 1.35 bits per heavy atom. The van der Waals surface area contributed by atoms with Gasteiger partial charge in [0.2, 0.25) is 0 Å². The zero-order valence-electron chi connectivity index (χ0n) is 12.6. The molecule has 122 valence electrons. The van der Waals surface area contributed by atoms with Gasteiger partial charge in [0.1, 0.15) is 23.0 Å². The first-order valence-corrected chi connectivity index (χ1v) is 6.86. The van der Waals surface area contributed by atoms with Crippen molar-refractivity contribution in [3.63, 3.8) is 0 Å². The Labute approximate surface area is 130 Å². The van der Waals surface area contributed by atoms with E-state index < -0.39 is 23.4 Å². The summed E-state index contributed by atoms with van der Waals surface area (Å²) < 4.78 is 27.7. The van der Waals surface area contributed by atoms with Gasteiger partial charge in [-0.25, -0.2) is 13.6 Å². The van der Waals surface area contributed by atoms with E-state index in [0.29, 0.717) is 18.2 Å². The molecule has 0 radical (unpaired) electrons. The largest absolute Gasteiger partial charge is 0.477 e. The van der Waals surface area contributed by atoms with Gasteiger partial charge in [0.05, 0.1) is 17.8 Å². The van der Waals surface area contributed by atoms with Crippen molar-refractivity contribution in [3.8, 4) is 0 Å². The van der Waals surface area contributed by atoms with Crippen LogP contribution in [0.25, 0.3) is 0 Å². The van der Waals surface area contributed by atoms with Crippen molar-refractivity contribution >= 4 is 17.6 Å². The molecule has 2 aromatic rings. The van der Waals surface area contributed by atoms with E-state index in [4.69, 9.17) is 0 Å². The van der Waals surface area contributed by atoms with Crippen LogP contribution in [0.15, 0.2) is 18.2 Å². The molecular formula is C15H15F2N3O3. The lowest BCUT2D eigenvalue weighted by Gasteiger charge is -2.08. The number of rotatable bonds is 6. The maximum Gasteiger partial charge on any atom is 0.341 e. The Kier molecular flexibility index (Phi) is 4.73. The van der Waals surface area contributed by atoms with Crippen molar-refractivity contribution in [1.29, 1.82) is 0 Å². The van der Waals surface area contributed by atoms with Crippen LogP contribution in [0.4, 0.5) is 14.6 Å². The van der Waals surface area contributed by atoms with Crippen LogP contribution < -0.4 is 5.32 Å². The lowest BCUT2D eigenvalue weighted by atomic mass is 10.1. The summed E-state index contributed by atoms with van der Waals surface area (Å²) in [6.07, 6.45) is 0.414. The van der Waals surface area contributed by atoms with E-state index in [1.807, 2.05) is 0 Å². The van der Waals surface area contributed by atoms with Crippen LogP contribution >= 0.6 is 0 Å². The molecule has 0 fully saturated rings. The predicted molar refractivity (Wildman–Crippen MR) is 78.7 cm³/mol. The van der Waals surface area contributed by atoms with E-state index in [1.165, 1.54) is 11.7 Å². The third kappa shape index (κ3) is 3.36. The Morgan fingerprint density at radius 3 is 2.61 bits per heavy atom. The summed E-state index contributed by atoms with van der Waals surface area (Å²) in [4.78, 5) is 23.4. The van der Waals surface area contributed by atoms with E-state index in [0.717, 1.165) is 12.1 Å². The summed E-state index contributed by atoms with van der Waals surface area (Å²) in [6, 6.07) is 2.65. The van der Waals surface area contributed by atoms with Crippen molar-refractivity contribution in [3.05, 3.63) is 46.7 Å². The van der Waals surface area contributed by atoms with Gasteiger partial charge < -0.3 is 10.4 Å². The second-order valence-corrected chi connectivity index (χ2v) is 4.85. The minimum atomic E-state index is -1.17. The smallest absolute Gasteiger partial charge is 0.341 e. The van der Waals surface area contributed by atoms with E-state index in [-0.39, 0.29) is 23.5 Å². The summed E-state index contributed by atoms with van der Waals surface area (Å²) in [6.45, 7) is 1.42. The number of carboxylic acids is 1. The molecule has 0 aliphatic carbocycles. The van der Waals surface area contributed by atoms with Gasteiger partial charge in [-0.2, -0.15) is 5.10 Å². The van der Waals surface area contributed by atoms with Gasteiger partial charge in [-0.1, -0.05) is 6.92 Å². The molecule has 1 heterocycles. The first-order valence-electron chi connectivity index (χ1n) is 6.86. The Bertz CT molecular complexity index is 772. The SMILES string of the molecule is CCc1nn(C)c(NCC(=O)c2ccc(F)cc2F)c1C(=O)O. The Hall–Kier alpha value is -2.77. The number of carboxylic acid groups (broad SMARTS) is 1. The molecule has 1 aromatic carbocycles. The summed E-state index contributed by atoms with van der Waals surface area (Å²) in [5.74, 6) is -3.38. The summed E-state index contributed by atoms with van der Waals surface area (Å²) in [5.41, 5.74) is 0.0824. The van der Waals surface area contributed by atoms with Gasteiger partial charge in [0.15, 0.2) is 5.78 Å². The van der Waals surface area contributed by atoms with E-state index in [1.54, 1.807) is 6.92 Å². The summed E-state index contributed by atoms with van der Waals surface area (Å²) in [7, 11) is 1.54. The number of carbonyl (C=O) groups is 2. The van der Waals surface area contributed by atoms with Crippen molar-refractivity contribution in [1.82, 2.24) is 9.78 Å². The van der Waals surface area contributed by atoms with Gasteiger partial charge in [0, 0.05) is 13.1 Å². The molecule has 0 atom stereocenters. The third-order valence-electron chi connectivity index (χ3n) is 3.32. The van der Waals surface area contributed by atoms with Crippen LogP contribution in [0.2, 0.25) is 0 Å². The number of hydrogen-bond donors (Lipinski definition) is 2. The van der Waals surface area contributed by atoms with Crippen molar-refractivity contribution < 1.29 is 23.5 Å². The quantitative estimate of drug-likeness (QED) is 0.797. The second-order valence-electron chi connectivity index (χ2n) is 4.85. The molecule has 2 rings (SSSR count). The van der Waals surface area contributed by atoms with Crippen LogP contribution in [0.5, 0.6) is 0 Å². The average Bonchev–Trinajstić information content (AvgIpc) is 2.81. The van der Waals surface area contributed by atoms with Gasteiger partial charge in [-0.3, -0.25) is 9.48 Å². The first kappa shape index (κ1) is 16.6. The molecule has 0 unspecified atom stereocenters. The Morgan fingerprint density at radius 2 is 2.04 bits per heavy atom. The molecule has 1 aromatic heterocycles. The minimum Gasteiger partial charge on any atom is -0.477 e. The van der Waals surface area contributed by atoms with Crippen molar-refractivity contribution in [2.45, 2.75) is 13.3 Å². The highest BCUT2D eigenvalue weighted by molar-refractivity contribution is 6.00. The molecular weight excluding hydrogens is 308 g/mol. The zero-order valence-corrected chi connectivity index (χ0v) is 12.6. The Balaban J connectivity index is 2.22. The van der Waals surface area contributed by atoms with E-state index >= 15 is 0 Å². The molecule has 0 saturated carbocycles. The molecule has 23 heavy (non-hydrogen) atoms. The molecule has 0 bridgehead atoms. The average molecular weight is 323 g/mol. The maximum absolute atomic E-state index is 13.6. The molecule has 0 saturated heterocycles. The number of benzene rings is 1. The summed E-state index contributed by atoms with van der Waals surface area (Å²) >= 11 is 0. The molecule has 6 nitrogen and oxygen atoms in total. The van der Waals surface area contributed by atoms with Crippen LogP contribution in [-0.2, 0) is 13.5 Å². The molecule has 8 heteroatoms. The minimum absolute atomic E-state index is 0.0256. The standard InChI is InChI=1S/C15H15F2N3O3/c1-3-11-13(15(22)23)14(20(2)19-11)18-7-12(21)9-5-4-8(16)6-10(9)17/h4-6,18H,3,7H2,1-2H3,(H,22,23). The molecule has 0 aliphatic heterocycles. The number of anilines is 1. The second kappa shape index (κ2) is 6.55. The van der Waals surface area contributed by atoms with Gasteiger partial charge in [-0.05, 0) is 18.6 Å². The maximum atomic E-state index is 13.6. The first-order chi connectivity index (χ1) is 10.8. The van der Waals surface area contributed by atoms with E-state index in [2.05, 4.69) is 10.4 Å². The number of aromatic nitrogens is 2. The number of nitrogens with one attached hydrogen (secondary N) is 1. The number of aryl methyl sites for hydroxylation is 2. The summed E-state index contributed by atoms with van der Waals surface area (Å²) in [5, 5.41) is 16.0. The number of Topliss-reactive ketones (excluding diaryl/α,β-unsaturated/α-hetero) is 1. The number of hydrogen-bond acceptors (Lipinski definition) is 4. The molecule has 0 aliphatic rings. The van der Waals surface area contributed by atoms with Crippen LogP contribution in [0, 0.1) is 11.6 Å². The predicted octanol–water partition coefficient (Wildman–Crippen LogP) is 2.25. The fourth-order valence-corrected chi connectivity index (χ4v) is 2.23. The highest BCUT2D eigenvalue weighted by atomic mass is 19.1. The lowest BCUT2D eigenvalue weighted by molar-refractivity contribution is 0.0696. The normalized spacial score (nSPS) is 10.6. The van der Waals surface area contributed by atoms with Crippen LogP contribution in [0.3, 0.4) is 0 Å². The monoisotopic (exact) mass is 323 g/mol. The highest BCUT2D eigenvalue weighted by Gasteiger charge is 2.22. The number of ketones is 1. The van der Waals surface area contributed by atoms with Gasteiger partial charge >= 0.3 is 5.97 Å². The molecule has 2 N–H and O–H groups in total. The number of carbonyl (C=O) groups excluding carboxylic acids is 1.